The number of rotatable bonds is 3. The van der Waals surface area contributed by atoms with Crippen molar-refractivity contribution in [1.29, 1.82) is 0 Å². The highest BCUT2D eigenvalue weighted by Gasteiger charge is 2.50. The molecule has 1 atom stereocenters. The third-order valence-electron chi connectivity index (χ3n) is 13.3. The van der Waals surface area contributed by atoms with Gasteiger partial charge in [-0.2, -0.15) is 0 Å². The predicted octanol–water partition coefficient (Wildman–Crippen LogP) is 15.8. The van der Waals surface area contributed by atoms with E-state index in [9.17, 15) is 0 Å². The third-order valence-corrected chi connectivity index (χ3v) is 13.3. The van der Waals surface area contributed by atoms with Gasteiger partial charge in [-0.25, -0.2) is 0 Å². The van der Waals surface area contributed by atoms with E-state index in [1.165, 1.54) is 66.4 Å². The lowest BCUT2D eigenvalue weighted by atomic mass is 9.65. The molecule has 2 nitrogen and oxygen atoms in total. The van der Waals surface area contributed by atoms with Gasteiger partial charge >= 0.3 is 0 Å². The third kappa shape index (κ3) is 4.79. The molecular weight excluding hydrogens is 739 g/mol. The Morgan fingerprint density at radius 1 is 0.295 bits per heavy atom. The summed E-state index contributed by atoms with van der Waals surface area (Å²) in [6.45, 7) is 0. The zero-order valence-corrected chi connectivity index (χ0v) is 33.2. The van der Waals surface area contributed by atoms with Gasteiger partial charge < -0.3 is 9.64 Å². The number of para-hydroxylation sites is 3. The molecule has 2 heteroatoms. The fraction of sp³-hybridized carbons (Fsp3) is 0.0169. The highest BCUT2D eigenvalue weighted by atomic mass is 16.5. The van der Waals surface area contributed by atoms with Crippen LogP contribution in [-0.2, 0) is 5.41 Å². The van der Waals surface area contributed by atoms with E-state index in [0.717, 1.165) is 50.8 Å². The first-order valence-corrected chi connectivity index (χ1v) is 21.1. The summed E-state index contributed by atoms with van der Waals surface area (Å²) < 4.78 is 6.59. The molecule has 0 aromatic heterocycles. The Balaban J connectivity index is 1.11. The maximum atomic E-state index is 6.59. The normalized spacial score (nSPS) is 14.8. The molecule has 10 aromatic rings. The zero-order chi connectivity index (χ0) is 40.1. The van der Waals surface area contributed by atoms with Crippen LogP contribution in [0.1, 0.15) is 22.3 Å². The van der Waals surface area contributed by atoms with E-state index in [4.69, 9.17) is 4.74 Å². The number of nitrogens with zero attached hydrogens (tertiary/aromatic N) is 1. The second kappa shape index (κ2) is 13.0. The first-order chi connectivity index (χ1) is 30.3. The fourth-order valence-electron chi connectivity index (χ4n) is 10.8. The second-order valence-corrected chi connectivity index (χ2v) is 16.3. The number of hydrogen-bond donors (Lipinski definition) is 0. The van der Waals surface area contributed by atoms with E-state index in [1.54, 1.807) is 0 Å². The van der Waals surface area contributed by atoms with Gasteiger partial charge in [0.25, 0.3) is 0 Å². The van der Waals surface area contributed by atoms with E-state index in [2.05, 4.69) is 223 Å². The van der Waals surface area contributed by atoms with E-state index >= 15 is 0 Å². The first-order valence-electron chi connectivity index (χ1n) is 21.1. The standard InChI is InChI=1S/C59H37NO/c1-2-17-39(18-3-1)60(40-31-33-45-47-23-10-14-28-56(47)61-57-29-15-11-24-48(57)50(45)36-40)41-32-35-54-51(37-41)44-21-7-6-20-43(44)46-22-8-12-26-52(46)59(54)53-27-13-9-25-49(53)58-42-19-5-4-16-38(42)30-34-55(58)59/h1-37H. The van der Waals surface area contributed by atoms with Crippen molar-refractivity contribution in [2.75, 3.05) is 4.90 Å². The van der Waals surface area contributed by atoms with Gasteiger partial charge in [0, 0.05) is 28.2 Å². The van der Waals surface area contributed by atoms with Crippen LogP contribution in [0.3, 0.4) is 0 Å². The van der Waals surface area contributed by atoms with Crippen molar-refractivity contribution in [1.82, 2.24) is 0 Å². The summed E-state index contributed by atoms with van der Waals surface area (Å²) in [6.07, 6.45) is 0. The molecule has 0 saturated heterocycles. The Morgan fingerprint density at radius 3 is 1.54 bits per heavy atom. The monoisotopic (exact) mass is 775 g/mol. The molecule has 1 heterocycles. The molecule has 284 valence electrons. The van der Waals surface area contributed by atoms with Gasteiger partial charge in [0.1, 0.15) is 11.5 Å². The van der Waals surface area contributed by atoms with Gasteiger partial charge in [0.05, 0.1) is 5.41 Å². The summed E-state index contributed by atoms with van der Waals surface area (Å²) in [5.74, 6) is 1.72. The lowest BCUT2D eigenvalue weighted by Gasteiger charge is -2.36. The molecule has 0 radical (unpaired) electrons. The van der Waals surface area contributed by atoms with Crippen molar-refractivity contribution < 1.29 is 4.74 Å². The van der Waals surface area contributed by atoms with Crippen molar-refractivity contribution in [3.63, 3.8) is 0 Å². The SMILES string of the molecule is c1ccc(N(c2ccc3c(c2)-c2ccccc2Oc2ccccc2-3)c2ccc3c(c2)-c2ccccc2-c2ccccc2C32c3ccccc3-c3c2ccc2ccccc32)cc1. The van der Waals surface area contributed by atoms with Crippen LogP contribution < -0.4 is 9.64 Å². The second-order valence-electron chi connectivity index (χ2n) is 16.3. The molecule has 0 saturated carbocycles. The Labute approximate surface area is 355 Å². The molecule has 1 spiro atoms. The van der Waals surface area contributed by atoms with Crippen LogP contribution in [0.25, 0.3) is 66.4 Å². The minimum Gasteiger partial charge on any atom is -0.456 e. The number of benzene rings is 10. The zero-order valence-electron chi connectivity index (χ0n) is 33.2. The minimum absolute atomic E-state index is 0.571. The Kier molecular flexibility index (Phi) is 7.26. The molecule has 1 aliphatic heterocycles. The lowest BCUT2D eigenvalue weighted by Crippen LogP contribution is -2.29. The van der Waals surface area contributed by atoms with Crippen molar-refractivity contribution in [2.24, 2.45) is 0 Å². The van der Waals surface area contributed by atoms with Crippen LogP contribution in [0.2, 0.25) is 0 Å². The topological polar surface area (TPSA) is 12.5 Å². The molecular formula is C59H37NO. The maximum Gasteiger partial charge on any atom is 0.135 e. The molecule has 13 rings (SSSR count). The van der Waals surface area contributed by atoms with Gasteiger partial charge in [0.2, 0.25) is 0 Å². The lowest BCUT2D eigenvalue weighted by molar-refractivity contribution is 0.488. The van der Waals surface area contributed by atoms with Gasteiger partial charge in [-0.05, 0) is 126 Å². The summed E-state index contributed by atoms with van der Waals surface area (Å²) in [7, 11) is 0. The summed E-state index contributed by atoms with van der Waals surface area (Å²) in [6, 6.07) is 82.5. The van der Waals surface area contributed by atoms with Crippen molar-refractivity contribution in [3.05, 3.63) is 247 Å². The van der Waals surface area contributed by atoms with Crippen molar-refractivity contribution in [2.45, 2.75) is 5.41 Å². The van der Waals surface area contributed by atoms with Gasteiger partial charge in [-0.15, -0.1) is 0 Å². The summed E-state index contributed by atoms with van der Waals surface area (Å²) in [5, 5.41) is 2.54. The van der Waals surface area contributed by atoms with Crippen molar-refractivity contribution >= 4 is 27.8 Å². The van der Waals surface area contributed by atoms with Crippen LogP contribution in [0, 0.1) is 0 Å². The molecule has 0 fully saturated rings. The van der Waals surface area contributed by atoms with Crippen LogP contribution in [0.5, 0.6) is 11.5 Å². The largest absolute Gasteiger partial charge is 0.456 e. The molecule has 2 aliphatic carbocycles. The fourth-order valence-corrected chi connectivity index (χ4v) is 10.8. The van der Waals surface area contributed by atoms with Crippen LogP contribution in [-0.4, -0.2) is 0 Å². The predicted molar refractivity (Wildman–Crippen MR) is 251 cm³/mol. The Hall–Kier alpha value is -7.94. The highest BCUT2D eigenvalue weighted by Crippen LogP contribution is 2.63. The average Bonchev–Trinajstić information content (AvgIpc) is 3.48. The smallest absolute Gasteiger partial charge is 0.135 e. The van der Waals surface area contributed by atoms with Gasteiger partial charge in [-0.3, -0.25) is 0 Å². The van der Waals surface area contributed by atoms with Gasteiger partial charge in [-0.1, -0.05) is 176 Å². The first kappa shape index (κ1) is 34.0. The average molecular weight is 776 g/mol. The van der Waals surface area contributed by atoms with E-state index in [0.29, 0.717) is 0 Å². The molecule has 1 unspecified atom stereocenters. The summed E-state index contributed by atoms with van der Waals surface area (Å²) in [4.78, 5) is 2.41. The van der Waals surface area contributed by atoms with E-state index in [-0.39, 0.29) is 0 Å². The molecule has 61 heavy (non-hydrogen) atoms. The van der Waals surface area contributed by atoms with Crippen molar-refractivity contribution in [3.8, 4) is 67.1 Å². The molecule has 0 N–H and O–H groups in total. The van der Waals surface area contributed by atoms with Crippen LogP contribution >= 0.6 is 0 Å². The number of fused-ring (bicyclic) bond motifs is 19. The molecule has 0 bridgehead atoms. The maximum absolute atomic E-state index is 6.59. The quantitative estimate of drug-likeness (QED) is 0.177. The molecule has 3 aliphatic rings. The van der Waals surface area contributed by atoms with Crippen LogP contribution in [0.15, 0.2) is 224 Å². The highest BCUT2D eigenvalue weighted by molar-refractivity contribution is 6.06. The summed E-state index contributed by atoms with van der Waals surface area (Å²) >= 11 is 0. The molecule has 0 amide bonds. The summed E-state index contributed by atoms with van der Waals surface area (Å²) in [5.41, 5.74) is 19.9. The number of ether oxygens (including phenoxy) is 1. The Morgan fingerprint density at radius 2 is 0.787 bits per heavy atom. The van der Waals surface area contributed by atoms with E-state index in [1.807, 2.05) is 6.07 Å². The van der Waals surface area contributed by atoms with E-state index < -0.39 is 5.41 Å². The van der Waals surface area contributed by atoms with Crippen LogP contribution in [0.4, 0.5) is 17.1 Å². The molecule has 10 aromatic carbocycles. The number of hydrogen-bond acceptors (Lipinski definition) is 2. The van der Waals surface area contributed by atoms with Gasteiger partial charge in [0.15, 0.2) is 0 Å². The number of anilines is 3. The Bertz CT molecular complexity index is 3420. The minimum atomic E-state index is -0.571.